The Morgan fingerprint density at radius 3 is 2.00 bits per heavy atom. The van der Waals surface area contributed by atoms with Gasteiger partial charge in [-0.05, 0) is 49.9 Å². The van der Waals surface area contributed by atoms with Gasteiger partial charge in [-0.1, -0.05) is 44.2 Å². The van der Waals surface area contributed by atoms with E-state index >= 15 is 0 Å². The predicted octanol–water partition coefficient (Wildman–Crippen LogP) is 6.10. The summed E-state index contributed by atoms with van der Waals surface area (Å²) in [5, 5.41) is 0. The highest BCUT2D eigenvalue weighted by Crippen LogP contribution is 2.34. The van der Waals surface area contributed by atoms with Crippen molar-refractivity contribution in [2.75, 3.05) is 13.2 Å². The van der Waals surface area contributed by atoms with Gasteiger partial charge in [-0.15, -0.1) is 19.7 Å². The van der Waals surface area contributed by atoms with Gasteiger partial charge in [0.25, 0.3) is 0 Å². The smallest absolute Gasteiger partial charge is 0.0468 e. The number of rotatable bonds is 14. The van der Waals surface area contributed by atoms with Crippen LogP contribution in [0, 0.1) is 11.3 Å². The van der Waals surface area contributed by atoms with Crippen molar-refractivity contribution in [2.24, 2.45) is 11.3 Å². The molecule has 0 amide bonds. The lowest BCUT2D eigenvalue weighted by Crippen LogP contribution is -2.15. The third-order valence-corrected chi connectivity index (χ3v) is 3.62. The number of ether oxygens (including phenoxy) is 1. The second-order valence-electron chi connectivity index (χ2n) is 6.18. The fraction of sp³-hybridized carbons (Fsp3) is 0.600. The Morgan fingerprint density at radius 2 is 1.52 bits per heavy atom. The average molecular weight is 290 g/mol. The van der Waals surface area contributed by atoms with Gasteiger partial charge in [-0.2, -0.15) is 0 Å². The maximum Gasteiger partial charge on any atom is 0.0468 e. The zero-order chi connectivity index (χ0) is 16.0. The molecule has 0 unspecified atom stereocenters. The van der Waals surface area contributed by atoms with E-state index in [9.17, 15) is 0 Å². The van der Waals surface area contributed by atoms with Crippen molar-refractivity contribution in [1.29, 1.82) is 0 Å². The molecule has 0 aliphatic carbocycles. The first-order chi connectivity index (χ1) is 10.1. The van der Waals surface area contributed by atoms with E-state index in [4.69, 9.17) is 4.74 Å². The van der Waals surface area contributed by atoms with Crippen LogP contribution in [-0.4, -0.2) is 13.2 Å². The molecule has 0 bridgehead atoms. The molecule has 21 heavy (non-hydrogen) atoms. The average Bonchev–Trinajstić information content (AvgIpc) is 2.42. The molecule has 0 aliphatic heterocycles. The van der Waals surface area contributed by atoms with Crippen LogP contribution in [0.3, 0.4) is 0 Å². The number of unbranched alkanes of at least 4 members (excludes halogenated alkanes) is 1. The van der Waals surface area contributed by atoms with Crippen molar-refractivity contribution in [3.63, 3.8) is 0 Å². The molecular formula is C20H34O. The molecule has 0 heterocycles. The quantitative estimate of drug-likeness (QED) is 0.277. The van der Waals surface area contributed by atoms with Gasteiger partial charge in [0.1, 0.15) is 0 Å². The van der Waals surface area contributed by atoms with Gasteiger partial charge < -0.3 is 4.74 Å². The number of hydrogen-bond acceptors (Lipinski definition) is 1. The number of allylic oxidation sites excluding steroid dienone is 5. The molecule has 0 N–H and O–H groups in total. The summed E-state index contributed by atoms with van der Waals surface area (Å²) in [7, 11) is 0. The molecule has 0 aromatic heterocycles. The molecule has 120 valence electrons. The summed E-state index contributed by atoms with van der Waals surface area (Å²) in [6.45, 7) is 17.8. The van der Waals surface area contributed by atoms with Gasteiger partial charge in [-0.3, -0.25) is 0 Å². The highest BCUT2D eigenvalue weighted by molar-refractivity contribution is 5.07. The first-order valence-corrected chi connectivity index (χ1v) is 8.18. The minimum Gasteiger partial charge on any atom is -0.381 e. The summed E-state index contributed by atoms with van der Waals surface area (Å²) in [4.78, 5) is 0. The Labute approximate surface area is 132 Å². The van der Waals surface area contributed by atoms with Gasteiger partial charge in [0.15, 0.2) is 0 Å². The maximum atomic E-state index is 5.64. The summed E-state index contributed by atoms with van der Waals surface area (Å²) in [5.74, 6) is 0.724. The van der Waals surface area contributed by atoms with E-state index in [1.54, 1.807) is 0 Å². The molecule has 0 radical (unpaired) electrons. The van der Waals surface area contributed by atoms with Gasteiger partial charge >= 0.3 is 0 Å². The van der Waals surface area contributed by atoms with E-state index in [2.05, 4.69) is 45.7 Å². The van der Waals surface area contributed by atoms with Crippen molar-refractivity contribution in [1.82, 2.24) is 0 Å². The van der Waals surface area contributed by atoms with Crippen molar-refractivity contribution in [2.45, 2.75) is 52.4 Å². The molecule has 0 spiro atoms. The Bertz CT molecular complexity index is 285. The minimum atomic E-state index is 0.115. The molecule has 0 aromatic rings. The van der Waals surface area contributed by atoms with Crippen LogP contribution >= 0.6 is 0 Å². The summed E-state index contributed by atoms with van der Waals surface area (Å²) in [6.07, 6.45) is 16.8. The van der Waals surface area contributed by atoms with Crippen LogP contribution in [0.25, 0.3) is 0 Å². The van der Waals surface area contributed by atoms with Gasteiger partial charge in [-0.25, -0.2) is 0 Å². The van der Waals surface area contributed by atoms with E-state index in [1.165, 1.54) is 0 Å². The SMILES string of the molecule is C=CCC(/C=C/CCCOCCC(C)C)(CC=C)CC=C. The molecular weight excluding hydrogens is 256 g/mol. The van der Waals surface area contributed by atoms with Crippen LogP contribution in [0.15, 0.2) is 50.1 Å². The molecule has 0 atom stereocenters. The molecule has 0 saturated carbocycles. The summed E-state index contributed by atoms with van der Waals surface area (Å²) >= 11 is 0. The van der Waals surface area contributed by atoms with Gasteiger partial charge in [0.05, 0.1) is 0 Å². The Hall–Kier alpha value is -1.08. The Balaban J connectivity index is 4.10. The van der Waals surface area contributed by atoms with Crippen LogP contribution in [0.1, 0.15) is 52.4 Å². The largest absolute Gasteiger partial charge is 0.381 e. The third kappa shape index (κ3) is 10.3. The van der Waals surface area contributed by atoms with Gasteiger partial charge in [0, 0.05) is 13.2 Å². The summed E-state index contributed by atoms with van der Waals surface area (Å²) in [6, 6.07) is 0. The van der Waals surface area contributed by atoms with E-state index in [0.717, 1.165) is 57.7 Å². The monoisotopic (exact) mass is 290 g/mol. The summed E-state index contributed by atoms with van der Waals surface area (Å²) < 4.78 is 5.64. The fourth-order valence-corrected chi connectivity index (χ4v) is 2.37. The van der Waals surface area contributed by atoms with Crippen molar-refractivity contribution in [3.8, 4) is 0 Å². The van der Waals surface area contributed by atoms with Crippen LogP contribution in [0.2, 0.25) is 0 Å². The molecule has 0 aromatic carbocycles. The zero-order valence-electron chi connectivity index (χ0n) is 14.2. The maximum absolute atomic E-state index is 5.64. The molecule has 0 fully saturated rings. The molecule has 1 nitrogen and oxygen atoms in total. The first-order valence-electron chi connectivity index (χ1n) is 8.18. The lowest BCUT2D eigenvalue weighted by Gasteiger charge is -2.27. The highest BCUT2D eigenvalue weighted by atomic mass is 16.5. The molecule has 0 aliphatic rings. The van der Waals surface area contributed by atoms with Crippen molar-refractivity contribution in [3.05, 3.63) is 50.1 Å². The standard InChI is InChI=1S/C20H34O/c1-6-13-20(14-7-2,15-8-3)16-10-9-11-17-21-18-12-19(4)5/h6-8,10,16,19H,1-3,9,11-15,17-18H2,4-5H3/b16-10+. The minimum absolute atomic E-state index is 0.115. The topological polar surface area (TPSA) is 9.23 Å². The van der Waals surface area contributed by atoms with Crippen molar-refractivity contribution >= 4 is 0 Å². The lowest BCUT2D eigenvalue weighted by atomic mass is 9.77. The van der Waals surface area contributed by atoms with E-state index in [1.807, 2.05) is 18.2 Å². The Kier molecular flexibility index (Phi) is 12.0. The van der Waals surface area contributed by atoms with E-state index in [0.29, 0.717) is 0 Å². The third-order valence-electron chi connectivity index (χ3n) is 3.62. The predicted molar refractivity (Wildman–Crippen MR) is 95.5 cm³/mol. The van der Waals surface area contributed by atoms with E-state index in [-0.39, 0.29) is 5.41 Å². The lowest BCUT2D eigenvalue weighted by molar-refractivity contribution is 0.122. The molecule has 1 heteroatoms. The zero-order valence-corrected chi connectivity index (χ0v) is 14.2. The highest BCUT2D eigenvalue weighted by Gasteiger charge is 2.22. The van der Waals surface area contributed by atoms with Crippen LogP contribution < -0.4 is 0 Å². The first kappa shape index (κ1) is 19.9. The van der Waals surface area contributed by atoms with Crippen LogP contribution in [0.5, 0.6) is 0 Å². The second-order valence-corrected chi connectivity index (χ2v) is 6.18. The van der Waals surface area contributed by atoms with Gasteiger partial charge in [0.2, 0.25) is 0 Å². The van der Waals surface area contributed by atoms with Crippen molar-refractivity contribution < 1.29 is 4.74 Å². The Morgan fingerprint density at radius 1 is 0.952 bits per heavy atom. The number of hydrogen-bond donors (Lipinski definition) is 0. The van der Waals surface area contributed by atoms with Crippen LogP contribution in [-0.2, 0) is 4.74 Å². The second kappa shape index (κ2) is 12.6. The van der Waals surface area contributed by atoms with Crippen LogP contribution in [0.4, 0.5) is 0 Å². The molecule has 0 saturated heterocycles. The van der Waals surface area contributed by atoms with E-state index < -0.39 is 0 Å². The molecule has 0 rings (SSSR count). The summed E-state index contributed by atoms with van der Waals surface area (Å²) in [5.41, 5.74) is 0.115. The normalized spacial score (nSPS) is 12.0. The fourth-order valence-electron chi connectivity index (χ4n) is 2.37.